The number of hydrogen-bond acceptors (Lipinski definition) is 3. The van der Waals surface area contributed by atoms with Crippen LogP contribution in [0.5, 0.6) is 5.75 Å². The molecule has 1 amide bonds. The zero-order valence-corrected chi connectivity index (χ0v) is 16.4. The Morgan fingerprint density at radius 3 is 2.86 bits per heavy atom. The van der Waals surface area contributed by atoms with Crippen LogP contribution in [0.2, 0.25) is 0 Å². The van der Waals surface area contributed by atoms with Crippen molar-refractivity contribution in [3.63, 3.8) is 0 Å². The third kappa shape index (κ3) is 3.06. The molecule has 146 valence electrons. The molecule has 2 aromatic heterocycles. The average Bonchev–Trinajstić information content (AvgIpc) is 3.37. The molecule has 4 aromatic rings. The van der Waals surface area contributed by atoms with E-state index in [9.17, 15) is 4.79 Å². The van der Waals surface area contributed by atoms with Gasteiger partial charge in [-0.2, -0.15) is 5.10 Å². The summed E-state index contributed by atoms with van der Waals surface area (Å²) in [7, 11) is 3.56. The molecule has 0 radical (unpaired) electrons. The van der Waals surface area contributed by atoms with Gasteiger partial charge in [-0.05, 0) is 34.9 Å². The highest BCUT2D eigenvalue weighted by Crippen LogP contribution is 2.34. The van der Waals surface area contributed by atoms with Crippen molar-refractivity contribution in [2.24, 2.45) is 7.05 Å². The third-order valence-corrected chi connectivity index (χ3v) is 5.67. The number of nitrogens with zero attached hydrogens (tertiary/aromatic N) is 3. The number of methoxy groups -OCH3 is 1. The molecule has 1 atom stereocenters. The lowest BCUT2D eigenvalue weighted by Crippen LogP contribution is -2.38. The number of benzene rings is 2. The molecule has 0 bridgehead atoms. The van der Waals surface area contributed by atoms with Gasteiger partial charge in [0.1, 0.15) is 11.4 Å². The highest BCUT2D eigenvalue weighted by molar-refractivity contribution is 5.98. The molecule has 0 aliphatic carbocycles. The maximum absolute atomic E-state index is 13.4. The Morgan fingerprint density at radius 2 is 2.07 bits per heavy atom. The normalized spacial score (nSPS) is 16.1. The van der Waals surface area contributed by atoms with Gasteiger partial charge in [-0.15, -0.1) is 0 Å². The summed E-state index contributed by atoms with van der Waals surface area (Å²) in [6.07, 6.45) is 3.93. The number of carbonyl (C=O) groups is 1. The van der Waals surface area contributed by atoms with Crippen LogP contribution in [-0.2, 0) is 13.6 Å². The van der Waals surface area contributed by atoms with Crippen molar-refractivity contribution in [1.29, 1.82) is 0 Å². The maximum atomic E-state index is 13.4. The lowest BCUT2D eigenvalue weighted by Gasteiger charge is -2.34. The number of hydrogen-bond donors (Lipinski definition) is 1. The smallest absolute Gasteiger partial charge is 0.270 e. The fourth-order valence-corrected chi connectivity index (χ4v) is 4.19. The van der Waals surface area contributed by atoms with Crippen molar-refractivity contribution in [2.45, 2.75) is 12.5 Å². The maximum Gasteiger partial charge on any atom is 0.270 e. The minimum absolute atomic E-state index is 0.00330. The predicted octanol–water partition coefficient (Wildman–Crippen LogP) is 3.70. The molecule has 1 N–H and O–H groups in total. The number of aromatic nitrogens is 3. The van der Waals surface area contributed by atoms with Gasteiger partial charge in [0.15, 0.2) is 0 Å². The van der Waals surface area contributed by atoms with E-state index >= 15 is 0 Å². The quantitative estimate of drug-likeness (QED) is 0.584. The van der Waals surface area contributed by atoms with Crippen molar-refractivity contribution < 1.29 is 9.53 Å². The van der Waals surface area contributed by atoms with E-state index in [0.717, 1.165) is 22.2 Å². The Hall–Kier alpha value is -3.54. The molecule has 2 aromatic carbocycles. The van der Waals surface area contributed by atoms with Crippen LogP contribution in [0.25, 0.3) is 10.9 Å². The number of ether oxygens (including phenoxy) is 1. The molecule has 0 unspecified atom stereocenters. The molecule has 3 heterocycles. The van der Waals surface area contributed by atoms with E-state index in [-0.39, 0.29) is 11.8 Å². The summed E-state index contributed by atoms with van der Waals surface area (Å²) in [6, 6.07) is 16.0. The van der Waals surface area contributed by atoms with Crippen LogP contribution in [0.15, 0.2) is 60.9 Å². The Morgan fingerprint density at radius 1 is 1.21 bits per heavy atom. The summed E-state index contributed by atoms with van der Waals surface area (Å²) in [5.41, 5.74) is 5.06. The number of amides is 1. The van der Waals surface area contributed by atoms with Gasteiger partial charge in [0, 0.05) is 49.2 Å². The molecule has 0 fully saturated rings. The SMILES string of the molecule is COc1ccc2cc(C(=O)N3Cc4ccccc4[C@H](c4cnn(C)c4)C3)[nH]c2c1. The molecular formula is C23H22N4O2. The Bertz CT molecular complexity index is 1210. The van der Waals surface area contributed by atoms with Gasteiger partial charge in [-0.25, -0.2) is 0 Å². The van der Waals surface area contributed by atoms with Gasteiger partial charge >= 0.3 is 0 Å². The van der Waals surface area contributed by atoms with Crippen molar-refractivity contribution in [1.82, 2.24) is 19.7 Å². The van der Waals surface area contributed by atoms with E-state index in [0.29, 0.717) is 18.8 Å². The highest BCUT2D eigenvalue weighted by Gasteiger charge is 2.30. The second kappa shape index (κ2) is 6.81. The minimum atomic E-state index is 0.00330. The summed E-state index contributed by atoms with van der Waals surface area (Å²) < 4.78 is 7.10. The van der Waals surface area contributed by atoms with Crippen LogP contribution >= 0.6 is 0 Å². The lowest BCUT2D eigenvalue weighted by molar-refractivity contribution is 0.0720. The first-order valence-corrected chi connectivity index (χ1v) is 9.65. The zero-order valence-electron chi connectivity index (χ0n) is 16.4. The number of fused-ring (bicyclic) bond motifs is 2. The number of aromatic amines is 1. The largest absolute Gasteiger partial charge is 0.497 e. The van der Waals surface area contributed by atoms with Crippen LogP contribution in [0.4, 0.5) is 0 Å². The molecule has 0 spiro atoms. The standard InChI is InChI=1S/C23H22N4O2/c1-26-12-17(11-24-26)20-14-27(13-16-5-3-4-6-19(16)20)23(28)22-9-15-7-8-18(29-2)10-21(15)25-22/h3-12,20,25H,13-14H2,1-2H3/t20-/m0/s1. The topological polar surface area (TPSA) is 63.1 Å². The van der Waals surface area contributed by atoms with E-state index in [1.165, 1.54) is 11.1 Å². The Kier molecular flexibility index (Phi) is 4.12. The van der Waals surface area contributed by atoms with Crippen molar-refractivity contribution in [3.05, 3.63) is 83.3 Å². The summed E-state index contributed by atoms with van der Waals surface area (Å²) in [4.78, 5) is 18.5. The van der Waals surface area contributed by atoms with E-state index < -0.39 is 0 Å². The van der Waals surface area contributed by atoms with Gasteiger partial charge in [0.25, 0.3) is 5.91 Å². The monoisotopic (exact) mass is 386 g/mol. The lowest BCUT2D eigenvalue weighted by atomic mass is 9.86. The molecule has 6 heteroatoms. The molecule has 5 rings (SSSR count). The molecule has 29 heavy (non-hydrogen) atoms. The zero-order chi connectivity index (χ0) is 20.0. The van der Waals surface area contributed by atoms with Crippen LogP contribution in [0.1, 0.15) is 33.1 Å². The highest BCUT2D eigenvalue weighted by atomic mass is 16.5. The van der Waals surface area contributed by atoms with Crippen molar-refractivity contribution >= 4 is 16.8 Å². The third-order valence-electron chi connectivity index (χ3n) is 5.67. The minimum Gasteiger partial charge on any atom is -0.497 e. The first kappa shape index (κ1) is 17.6. The molecular weight excluding hydrogens is 364 g/mol. The summed E-state index contributed by atoms with van der Waals surface area (Å²) >= 11 is 0. The Balaban J connectivity index is 1.50. The Labute approximate surface area is 168 Å². The van der Waals surface area contributed by atoms with E-state index in [1.807, 2.05) is 59.4 Å². The molecule has 1 aliphatic rings. The predicted molar refractivity (Wildman–Crippen MR) is 111 cm³/mol. The summed E-state index contributed by atoms with van der Waals surface area (Å²) in [6.45, 7) is 1.23. The summed E-state index contributed by atoms with van der Waals surface area (Å²) in [5.74, 6) is 0.882. The van der Waals surface area contributed by atoms with Gasteiger partial charge in [0.05, 0.1) is 13.3 Å². The first-order chi connectivity index (χ1) is 14.1. The number of carbonyl (C=O) groups excluding carboxylic acids is 1. The van der Waals surface area contributed by atoms with Crippen molar-refractivity contribution in [3.8, 4) is 5.75 Å². The number of nitrogens with one attached hydrogen (secondary N) is 1. The van der Waals surface area contributed by atoms with Crippen LogP contribution in [-0.4, -0.2) is 39.2 Å². The number of rotatable bonds is 3. The van der Waals surface area contributed by atoms with Crippen molar-refractivity contribution in [2.75, 3.05) is 13.7 Å². The van der Waals surface area contributed by atoms with Gasteiger partial charge in [0.2, 0.25) is 0 Å². The van der Waals surface area contributed by atoms with E-state index in [2.05, 4.69) is 28.3 Å². The molecule has 0 saturated carbocycles. The fraction of sp³-hybridized carbons (Fsp3) is 0.217. The van der Waals surface area contributed by atoms with E-state index in [4.69, 9.17) is 4.74 Å². The number of H-pyrrole nitrogens is 1. The fourth-order valence-electron chi connectivity index (χ4n) is 4.19. The van der Waals surface area contributed by atoms with Gasteiger partial charge in [-0.3, -0.25) is 9.48 Å². The van der Waals surface area contributed by atoms with Gasteiger partial charge < -0.3 is 14.6 Å². The number of aryl methyl sites for hydroxylation is 1. The van der Waals surface area contributed by atoms with Gasteiger partial charge in [-0.1, -0.05) is 24.3 Å². The second-order valence-corrected chi connectivity index (χ2v) is 7.52. The second-order valence-electron chi connectivity index (χ2n) is 7.52. The average molecular weight is 386 g/mol. The van der Waals surface area contributed by atoms with Crippen LogP contribution in [0.3, 0.4) is 0 Å². The molecule has 6 nitrogen and oxygen atoms in total. The van der Waals surface area contributed by atoms with E-state index in [1.54, 1.807) is 7.11 Å². The van der Waals surface area contributed by atoms with Crippen LogP contribution in [0, 0.1) is 0 Å². The first-order valence-electron chi connectivity index (χ1n) is 9.65. The molecule has 1 aliphatic heterocycles. The molecule has 0 saturated heterocycles. The summed E-state index contributed by atoms with van der Waals surface area (Å²) in [5, 5.41) is 5.33. The van der Waals surface area contributed by atoms with Crippen LogP contribution < -0.4 is 4.74 Å².